The van der Waals surface area contributed by atoms with Gasteiger partial charge in [0.15, 0.2) is 0 Å². The topological polar surface area (TPSA) is 123 Å². The molecule has 0 saturated heterocycles. The van der Waals surface area contributed by atoms with E-state index in [0.717, 1.165) is 0 Å². The van der Waals surface area contributed by atoms with Gasteiger partial charge in [-0.05, 0) is 0 Å². The first kappa shape index (κ1) is 29.9. The van der Waals surface area contributed by atoms with Gasteiger partial charge in [-0.2, -0.15) is 0 Å². The number of hydrogen-bond acceptors (Lipinski definition) is 5. The van der Waals surface area contributed by atoms with Crippen molar-refractivity contribution in [2.75, 3.05) is 36.4 Å². The summed E-state index contributed by atoms with van der Waals surface area (Å²) >= 11 is 23.5. The molecule has 0 aliphatic rings. The lowest BCUT2D eigenvalue weighted by Gasteiger charge is -2.14. The van der Waals surface area contributed by atoms with Gasteiger partial charge < -0.3 is 14.7 Å². The third-order valence-corrected chi connectivity index (χ3v) is 8.49. The molecule has 0 amide bonds. The number of alkyl halides is 6. The number of phosphoric acid groups is 2. The van der Waals surface area contributed by atoms with E-state index in [1.165, 1.54) is 0 Å². The Hall–Kier alpha value is 2.72. The number of rotatable bonds is 12. The third-order valence-electron chi connectivity index (χ3n) is 1.76. The molecule has 25 heavy (non-hydrogen) atoms. The third kappa shape index (κ3) is 22.9. The molecule has 3 unspecified atom stereocenters. The zero-order valence-corrected chi connectivity index (χ0v) is 22.2. The predicted molar refractivity (Wildman–Crippen MR) is 113 cm³/mol. The monoisotopic (exact) mass is 702 g/mol. The predicted octanol–water partition coefficient (Wildman–Crippen LogP) is 4.38. The second kappa shape index (κ2) is 16.5. The van der Waals surface area contributed by atoms with Gasteiger partial charge in [0.2, 0.25) is 0 Å². The van der Waals surface area contributed by atoms with E-state index in [0.29, 0.717) is 10.7 Å². The molecule has 0 spiro atoms. The van der Waals surface area contributed by atoms with Crippen LogP contribution in [0, 0.1) is 0 Å². The van der Waals surface area contributed by atoms with Gasteiger partial charge in [-0.15, -0.1) is 23.2 Å². The fourth-order valence-corrected chi connectivity index (χ4v) is 3.17. The quantitative estimate of drug-likeness (QED) is 0.202. The lowest BCUT2D eigenvalue weighted by atomic mass is 10.5. The Morgan fingerprint density at radius 2 is 1.28 bits per heavy atom. The van der Waals surface area contributed by atoms with E-state index in [-0.39, 0.29) is 35.4 Å². The molecule has 0 aliphatic heterocycles. The van der Waals surface area contributed by atoms with Gasteiger partial charge in [-0.25, -0.2) is 9.13 Å². The van der Waals surface area contributed by atoms with Crippen molar-refractivity contribution in [1.29, 1.82) is 0 Å². The Morgan fingerprint density at radius 3 is 1.56 bits per heavy atom. The van der Waals surface area contributed by atoms with Crippen LogP contribution in [0.5, 0.6) is 0 Å². The molecule has 3 atom stereocenters. The van der Waals surface area contributed by atoms with Crippen LogP contribution in [0.4, 0.5) is 0 Å². The van der Waals surface area contributed by atoms with Crippen molar-refractivity contribution in [2.24, 2.45) is 0 Å². The van der Waals surface area contributed by atoms with Gasteiger partial charge in [0.05, 0.1) is 25.2 Å². The van der Waals surface area contributed by atoms with E-state index in [1.54, 1.807) is 0 Å². The number of halogens is 6. The first-order valence-electron chi connectivity index (χ1n) is 6.28. The SMILES string of the molecule is O=P(O)(O)OCC(Cl)CCl.O=P(O)(OCC(Br)CBr)OCC(Br)CBr. The fraction of sp³-hybridized carbons (Fsp3) is 1.00. The van der Waals surface area contributed by atoms with Crippen molar-refractivity contribution in [3.8, 4) is 0 Å². The van der Waals surface area contributed by atoms with Crippen LogP contribution in [0.3, 0.4) is 0 Å². The van der Waals surface area contributed by atoms with Gasteiger partial charge in [0, 0.05) is 26.2 Å². The van der Waals surface area contributed by atoms with Crippen LogP contribution in [-0.2, 0) is 22.7 Å². The van der Waals surface area contributed by atoms with Crippen LogP contribution in [-0.4, -0.2) is 66.1 Å². The maximum absolute atomic E-state index is 11.3. The average molecular weight is 707 g/mol. The van der Waals surface area contributed by atoms with Crippen molar-refractivity contribution in [3.05, 3.63) is 0 Å². The van der Waals surface area contributed by atoms with Crippen LogP contribution in [0.2, 0.25) is 0 Å². The highest BCUT2D eigenvalue weighted by Crippen LogP contribution is 2.44. The first-order chi connectivity index (χ1) is 11.4. The minimum atomic E-state index is -4.38. The first-order valence-corrected chi connectivity index (χ1v) is 14.4. The molecule has 0 fully saturated rings. The van der Waals surface area contributed by atoms with Crippen molar-refractivity contribution in [2.45, 2.75) is 15.0 Å². The van der Waals surface area contributed by atoms with Crippen LogP contribution in [0.25, 0.3) is 0 Å². The largest absolute Gasteiger partial charge is 0.472 e. The lowest BCUT2D eigenvalue weighted by Crippen LogP contribution is -2.12. The highest BCUT2D eigenvalue weighted by atomic mass is 79.9. The molecule has 0 aromatic rings. The van der Waals surface area contributed by atoms with E-state index >= 15 is 0 Å². The zero-order valence-electron chi connectivity index (χ0n) is 12.5. The normalized spacial score (nSPS) is 17.8. The van der Waals surface area contributed by atoms with Crippen molar-refractivity contribution in [1.82, 2.24) is 0 Å². The molecule has 0 bridgehead atoms. The summed E-state index contributed by atoms with van der Waals surface area (Å²) in [4.78, 5) is 25.5. The molecular formula is C9H18Br4Cl2O8P2. The summed E-state index contributed by atoms with van der Waals surface area (Å²) in [6, 6.07) is 0. The van der Waals surface area contributed by atoms with E-state index in [4.69, 9.17) is 42.0 Å². The molecule has 3 N–H and O–H groups in total. The Kier molecular flexibility index (Phi) is 19.8. The minimum absolute atomic E-state index is 0.0162. The second-order valence-corrected chi connectivity index (χ2v) is 11.6. The molecule has 154 valence electrons. The summed E-state index contributed by atoms with van der Waals surface area (Å²) in [5.74, 6) is 0.0988. The Balaban J connectivity index is 0. The van der Waals surface area contributed by atoms with E-state index in [1.807, 2.05) is 0 Å². The molecule has 16 heteroatoms. The summed E-state index contributed by atoms with van der Waals surface area (Å²) in [6.45, 7) is -0.0179. The van der Waals surface area contributed by atoms with Gasteiger partial charge in [0.25, 0.3) is 0 Å². The summed E-state index contributed by atoms with van der Waals surface area (Å²) in [7, 11) is -8.30. The fourth-order valence-electron chi connectivity index (χ4n) is 0.699. The molecule has 0 heterocycles. The summed E-state index contributed by atoms with van der Waals surface area (Å²) < 4.78 is 34.9. The Morgan fingerprint density at radius 1 is 0.880 bits per heavy atom. The number of phosphoric ester groups is 2. The Labute approximate surface area is 190 Å². The molecule has 0 radical (unpaired) electrons. The van der Waals surface area contributed by atoms with Crippen molar-refractivity contribution in [3.63, 3.8) is 0 Å². The van der Waals surface area contributed by atoms with Crippen LogP contribution >= 0.6 is 103 Å². The van der Waals surface area contributed by atoms with Gasteiger partial charge >= 0.3 is 15.6 Å². The van der Waals surface area contributed by atoms with E-state index in [2.05, 4.69) is 68.2 Å². The number of hydrogen-bond donors (Lipinski definition) is 3. The lowest BCUT2D eigenvalue weighted by molar-refractivity contribution is 0.154. The maximum atomic E-state index is 11.3. The van der Waals surface area contributed by atoms with Crippen LogP contribution < -0.4 is 0 Å². The standard InChI is InChI=1S/C6H11Br4O4P.C3H7Cl2O4P/c7-1-5(9)3-13-15(11,12)14-4-6(10)2-8;4-1-3(5)2-9-10(6,7)8/h5-6H,1-4H2,(H,11,12);3H,1-2H2,(H2,6,7,8). The van der Waals surface area contributed by atoms with Crippen molar-refractivity contribution < 1.29 is 37.4 Å². The molecule has 0 rings (SSSR count). The molecule has 0 aromatic heterocycles. The molecule has 0 saturated carbocycles. The van der Waals surface area contributed by atoms with Crippen LogP contribution in [0.1, 0.15) is 0 Å². The average Bonchev–Trinajstić information content (AvgIpc) is 2.55. The van der Waals surface area contributed by atoms with Crippen LogP contribution in [0.15, 0.2) is 0 Å². The smallest absolute Gasteiger partial charge is 0.303 e. The molecule has 8 nitrogen and oxygen atoms in total. The molecule has 0 aromatic carbocycles. The minimum Gasteiger partial charge on any atom is -0.303 e. The summed E-state index contributed by atoms with van der Waals surface area (Å²) in [5.41, 5.74) is 0. The molecular weight excluding hydrogens is 689 g/mol. The second-order valence-electron chi connectivity index (χ2n) is 4.10. The van der Waals surface area contributed by atoms with Gasteiger partial charge in [-0.3, -0.25) is 13.6 Å². The maximum Gasteiger partial charge on any atom is 0.472 e. The summed E-state index contributed by atoms with van der Waals surface area (Å²) in [6.07, 6.45) is 0. The zero-order chi connectivity index (χ0) is 20.1. The van der Waals surface area contributed by atoms with Crippen molar-refractivity contribution >= 4 is 103 Å². The van der Waals surface area contributed by atoms with Gasteiger partial charge in [-0.1, -0.05) is 63.7 Å². The van der Waals surface area contributed by atoms with Gasteiger partial charge in [0.1, 0.15) is 0 Å². The Bertz CT molecular complexity index is 414. The van der Waals surface area contributed by atoms with E-state index in [9.17, 15) is 14.0 Å². The van der Waals surface area contributed by atoms with E-state index < -0.39 is 21.0 Å². The molecule has 0 aliphatic carbocycles. The highest BCUT2D eigenvalue weighted by molar-refractivity contribution is 9.12. The summed E-state index contributed by atoms with van der Waals surface area (Å²) in [5, 5.41) is 0.708. The highest BCUT2D eigenvalue weighted by Gasteiger charge is 2.23.